The van der Waals surface area contributed by atoms with Crippen LogP contribution >= 0.6 is 23.1 Å². The summed E-state index contributed by atoms with van der Waals surface area (Å²) in [7, 11) is 0. The first-order chi connectivity index (χ1) is 11.8. The summed E-state index contributed by atoms with van der Waals surface area (Å²) in [5.41, 5.74) is 4.34. The number of nitriles is 1. The van der Waals surface area contributed by atoms with Gasteiger partial charge in [-0.25, -0.2) is 9.97 Å². The predicted octanol–water partition coefficient (Wildman–Crippen LogP) is 5.18. The molecule has 0 amide bonds. The Balaban J connectivity index is 1.92. The Labute approximate surface area is 147 Å². The number of aromatic nitrogens is 2. The number of rotatable bonds is 3. The number of thiazole rings is 1. The van der Waals surface area contributed by atoms with E-state index in [0.717, 1.165) is 37.0 Å². The summed E-state index contributed by atoms with van der Waals surface area (Å²) in [5, 5.41) is 13.4. The van der Waals surface area contributed by atoms with Crippen LogP contribution in [0.2, 0.25) is 0 Å². The molecule has 116 valence electrons. The molecule has 0 fully saturated rings. The lowest BCUT2D eigenvalue weighted by molar-refractivity contribution is 1.30. The Hall–Kier alpha value is -2.62. The van der Waals surface area contributed by atoms with E-state index in [-0.39, 0.29) is 0 Å². The van der Waals surface area contributed by atoms with Gasteiger partial charge >= 0.3 is 0 Å². The highest BCUT2D eigenvalue weighted by molar-refractivity contribution is 8.00. The Morgan fingerprint density at radius 1 is 1.08 bits per heavy atom. The van der Waals surface area contributed by atoms with Gasteiger partial charge in [-0.1, -0.05) is 41.3 Å². The quantitative estimate of drug-likeness (QED) is 0.517. The molecule has 0 saturated heterocycles. The molecular weight excluding hydrogens is 336 g/mol. The van der Waals surface area contributed by atoms with E-state index >= 15 is 0 Å². The molecular formula is C18H12N4S2. The van der Waals surface area contributed by atoms with Crippen molar-refractivity contribution in [2.75, 3.05) is 11.6 Å². The maximum Gasteiger partial charge on any atom is 0.152 e. The minimum atomic E-state index is 0.642. The zero-order valence-electron chi connectivity index (χ0n) is 12.8. The topological polar surface area (TPSA) is 61.6 Å². The van der Waals surface area contributed by atoms with E-state index in [1.807, 2.05) is 42.7 Å². The average molecular weight is 348 g/mol. The maximum atomic E-state index is 8.94. The Kier molecular flexibility index (Phi) is 3.81. The van der Waals surface area contributed by atoms with Crippen LogP contribution in [0, 0.1) is 11.3 Å². The molecule has 0 atom stereocenters. The second-order valence-electron chi connectivity index (χ2n) is 5.16. The van der Waals surface area contributed by atoms with Crippen LogP contribution in [0.5, 0.6) is 0 Å². The molecule has 0 spiro atoms. The normalized spacial score (nSPS) is 10.8. The second kappa shape index (κ2) is 6.11. The number of nitrogens with one attached hydrogen (secondary N) is 1. The monoisotopic (exact) mass is 348 g/mol. The number of hydrogen-bond acceptors (Lipinski definition) is 6. The van der Waals surface area contributed by atoms with Gasteiger partial charge in [0, 0.05) is 11.1 Å². The standard InChI is InChI=1S/C18H12N4S2/c1-23-18-22-16-15(20-12-8-6-11(10-19)7-9-12)13-4-2-3-5-14(13)21-17(16)24-18/h2-9H,1H3,(H,20,21). The van der Waals surface area contributed by atoms with E-state index < -0.39 is 0 Å². The Bertz CT molecular complexity index is 1080. The molecule has 0 aliphatic heterocycles. The molecule has 24 heavy (non-hydrogen) atoms. The van der Waals surface area contributed by atoms with Crippen LogP contribution < -0.4 is 5.32 Å². The number of para-hydroxylation sites is 1. The van der Waals surface area contributed by atoms with Crippen molar-refractivity contribution in [2.45, 2.75) is 4.34 Å². The molecule has 4 aromatic rings. The van der Waals surface area contributed by atoms with Gasteiger partial charge in [0.1, 0.15) is 10.3 Å². The van der Waals surface area contributed by atoms with Gasteiger partial charge in [-0.15, -0.1) is 0 Å². The Morgan fingerprint density at radius 3 is 2.62 bits per heavy atom. The number of thioether (sulfide) groups is 1. The van der Waals surface area contributed by atoms with Crippen molar-refractivity contribution in [2.24, 2.45) is 0 Å². The van der Waals surface area contributed by atoms with Gasteiger partial charge in [0.25, 0.3) is 0 Å². The highest BCUT2D eigenvalue weighted by atomic mass is 32.2. The molecule has 0 saturated carbocycles. The maximum absolute atomic E-state index is 8.94. The first-order valence-electron chi connectivity index (χ1n) is 7.29. The summed E-state index contributed by atoms with van der Waals surface area (Å²) in [5.74, 6) is 0. The number of nitrogens with zero attached hydrogens (tertiary/aromatic N) is 3. The summed E-state index contributed by atoms with van der Waals surface area (Å²) >= 11 is 3.23. The summed E-state index contributed by atoms with van der Waals surface area (Å²) in [6.45, 7) is 0. The van der Waals surface area contributed by atoms with E-state index in [4.69, 9.17) is 15.2 Å². The zero-order valence-corrected chi connectivity index (χ0v) is 14.4. The van der Waals surface area contributed by atoms with Gasteiger partial charge in [-0.2, -0.15) is 5.26 Å². The highest BCUT2D eigenvalue weighted by Crippen LogP contribution is 2.37. The van der Waals surface area contributed by atoms with E-state index in [0.29, 0.717) is 5.56 Å². The number of benzene rings is 2. The first-order valence-corrected chi connectivity index (χ1v) is 9.33. The van der Waals surface area contributed by atoms with Crippen molar-refractivity contribution in [1.82, 2.24) is 9.97 Å². The summed E-state index contributed by atoms with van der Waals surface area (Å²) in [6.07, 6.45) is 2.02. The van der Waals surface area contributed by atoms with Crippen LogP contribution in [-0.2, 0) is 0 Å². The number of pyridine rings is 1. The van der Waals surface area contributed by atoms with Crippen LogP contribution in [-0.4, -0.2) is 16.2 Å². The van der Waals surface area contributed by atoms with Gasteiger partial charge in [0.05, 0.1) is 22.8 Å². The van der Waals surface area contributed by atoms with Gasteiger partial charge < -0.3 is 5.32 Å². The van der Waals surface area contributed by atoms with Gasteiger partial charge in [0.2, 0.25) is 0 Å². The van der Waals surface area contributed by atoms with Gasteiger partial charge in [-0.05, 0) is 36.6 Å². The summed E-state index contributed by atoms with van der Waals surface area (Å²) in [4.78, 5) is 10.4. The van der Waals surface area contributed by atoms with Crippen molar-refractivity contribution in [3.8, 4) is 6.07 Å². The highest BCUT2D eigenvalue weighted by Gasteiger charge is 2.14. The molecule has 2 aromatic heterocycles. The molecule has 0 aliphatic rings. The minimum absolute atomic E-state index is 0.642. The molecule has 6 heteroatoms. The van der Waals surface area contributed by atoms with Crippen molar-refractivity contribution in [3.63, 3.8) is 0 Å². The molecule has 4 rings (SSSR count). The van der Waals surface area contributed by atoms with Crippen molar-refractivity contribution in [1.29, 1.82) is 5.26 Å². The lowest BCUT2D eigenvalue weighted by Gasteiger charge is -2.10. The van der Waals surface area contributed by atoms with Crippen LogP contribution in [0.3, 0.4) is 0 Å². The Morgan fingerprint density at radius 2 is 1.88 bits per heavy atom. The largest absolute Gasteiger partial charge is 0.353 e. The fraction of sp³-hybridized carbons (Fsp3) is 0.0556. The summed E-state index contributed by atoms with van der Waals surface area (Å²) < 4.78 is 0.996. The lowest BCUT2D eigenvalue weighted by atomic mass is 10.1. The van der Waals surface area contributed by atoms with Crippen molar-refractivity contribution in [3.05, 3.63) is 54.1 Å². The number of fused-ring (bicyclic) bond motifs is 2. The van der Waals surface area contributed by atoms with E-state index in [1.165, 1.54) is 0 Å². The second-order valence-corrected chi connectivity index (χ2v) is 7.19. The molecule has 0 aliphatic carbocycles. The van der Waals surface area contributed by atoms with Crippen LogP contribution in [0.15, 0.2) is 52.9 Å². The third-order valence-electron chi connectivity index (χ3n) is 3.68. The van der Waals surface area contributed by atoms with E-state index in [1.54, 1.807) is 35.2 Å². The molecule has 0 radical (unpaired) electrons. The van der Waals surface area contributed by atoms with E-state index in [9.17, 15) is 0 Å². The fourth-order valence-corrected chi connectivity index (χ4v) is 3.98. The van der Waals surface area contributed by atoms with Crippen LogP contribution in [0.25, 0.3) is 21.3 Å². The van der Waals surface area contributed by atoms with Crippen LogP contribution in [0.1, 0.15) is 5.56 Å². The lowest BCUT2D eigenvalue weighted by Crippen LogP contribution is -1.94. The molecule has 1 N–H and O–H groups in total. The molecule has 4 nitrogen and oxygen atoms in total. The summed E-state index contributed by atoms with van der Waals surface area (Å²) in [6, 6.07) is 17.6. The molecule has 2 heterocycles. The SMILES string of the molecule is CSc1nc2c(Nc3ccc(C#N)cc3)c3ccccc3nc2s1. The third-order valence-corrected chi connectivity index (χ3v) is 5.61. The molecule has 0 unspecified atom stereocenters. The minimum Gasteiger partial charge on any atom is -0.353 e. The molecule has 0 bridgehead atoms. The first kappa shape index (κ1) is 14.9. The van der Waals surface area contributed by atoms with E-state index in [2.05, 4.69) is 11.4 Å². The van der Waals surface area contributed by atoms with Crippen molar-refractivity contribution < 1.29 is 0 Å². The van der Waals surface area contributed by atoms with Crippen molar-refractivity contribution >= 4 is 55.7 Å². The zero-order chi connectivity index (χ0) is 16.5. The van der Waals surface area contributed by atoms with Crippen LogP contribution in [0.4, 0.5) is 11.4 Å². The third kappa shape index (κ3) is 2.58. The molecule has 2 aromatic carbocycles. The number of anilines is 2. The fourth-order valence-electron chi connectivity index (χ4n) is 2.54. The predicted molar refractivity (Wildman–Crippen MR) is 101 cm³/mol. The smallest absolute Gasteiger partial charge is 0.152 e. The number of hydrogen-bond donors (Lipinski definition) is 1. The average Bonchev–Trinajstić information content (AvgIpc) is 3.05. The van der Waals surface area contributed by atoms with Gasteiger partial charge in [-0.3, -0.25) is 0 Å². The van der Waals surface area contributed by atoms with Gasteiger partial charge in [0.15, 0.2) is 4.34 Å².